The molecule has 1 aromatic rings. The first-order valence-corrected chi connectivity index (χ1v) is 6.68. The van der Waals surface area contributed by atoms with E-state index in [4.69, 9.17) is 11.0 Å². The molecule has 0 aliphatic rings. The predicted octanol–water partition coefficient (Wildman–Crippen LogP) is 1.35. The van der Waals surface area contributed by atoms with E-state index in [1.54, 1.807) is 30.5 Å². The van der Waals surface area contributed by atoms with Gasteiger partial charge in [0.2, 0.25) is 0 Å². The highest BCUT2D eigenvalue weighted by molar-refractivity contribution is 5.98. The first kappa shape index (κ1) is 16.5. The molecule has 0 heterocycles. The van der Waals surface area contributed by atoms with Gasteiger partial charge >= 0.3 is 0 Å². The van der Waals surface area contributed by atoms with Crippen molar-refractivity contribution in [1.82, 2.24) is 10.2 Å². The van der Waals surface area contributed by atoms with Crippen LogP contribution in [0.1, 0.15) is 30.6 Å². The Bertz CT molecular complexity index is 563. The second-order valence-corrected chi connectivity index (χ2v) is 5.28. The lowest BCUT2D eigenvalue weighted by molar-refractivity contribution is -0.129. The number of carbonyl (C=O) groups excluding carboxylic acids is 2. The lowest BCUT2D eigenvalue weighted by atomic mass is 10.0. The number of benzene rings is 1. The Morgan fingerprint density at radius 3 is 2.62 bits per heavy atom. The van der Waals surface area contributed by atoms with E-state index in [0.29, 0.717) is 17.7 Å². The Morgan fingerprint density at radius 1 is 1.43 bits per heavy atom. The van der Waals surface area contributed by atoms with Crippen LogP contribution in [-0.4, -0.2) is 29.8 Å². The summed E-state index contributed by atoms with van der Waals surface area (Å²) in [4.78, 5) is 25.2. The average Bonchev–Trinajstić information content (AvgIpc) is 2.44. The van der Waals surface area contributed by atoms with Crippen LogP contribution in [-0.2, 0) is 4.79 Å². The van der Waals surface area contributed by atoms with E-state index in [1.807, 2.05) is 13.8 Å². The number of hydrogen-bond acceptors (Lipinski definition) is 4. The zero-order valence-electron chi connectivity index (χ0n) is 12.5. The van der Waals surface area contributed by atoms with Crippen LogP contribution < -0.4 is 11.1 Å². The number of anilines is 1. The molecular formula is C15H20N4O2. The summed E-state index contributed by atoms with van der Waals surface area (Å²) in [5.41, 5.74) is 6.50. The van der Waals surface area contributed by atoms with Gasteiger partial charge in [-0.25, -0.2) is 0 Å². The Morgan fingerprint density at radius 2 is 2.10 bits per heavy atom. The SMILES string of the molecule is CC(C)CC(NC(=O)c1cccc(N)c1)C(=O)N(C)C#N. The van der Waals surface area contributed by atoms with Gasteiger partial charge in [0.25, 0.3) is 11.8 Å². The number of rotatable bonds is 5. The van der Waals surface area contributed by atoms with Crippen molar-refractivity contribution in [3.8, 4) is 6.19 Å². The summed E-state index contributed by atoms with van der Waals surface area (Å²) in [5, 5.41) is 11.5. The molecule has 21 heavy (non-hydrogen) atoms. The van der Waals surface area contributed by atoms with Crippen LogP contribution in [0.4, 0.5) is 5.69 Å². The summed E-state index contributed by atoms with van der Waals surface area (Å²) in [6.45, 7) is 3.89. The third-order valence-corrected chi connectivity index (χ3v) is 2.94. The van der Waals surface area contributed by atoms with E-state index in [1.165, 1.54) is 7.05 Å². The summed E-state index contributed by atoms with van der Waals surface area (Å²) in [6, 6.07) is 5.78. The van der Waals surface area contributed by atoms with Crippen molar-refractivity contribution in [2.45, 2.75) is 26.3 Å². The first-order valence-electron chi connectivity index (χ1n) is 6.68. The molecule has 1 aromatic carbocycles. The quantitative estimate of drug-likeness (QED) is 0.485. The number of nitrogens with two attached hydrogens (primary N) is 1. The Labute approximate surface area is 124 Å². The molecular weight excluding hydrogens is 268 g/mol. The van der Waals surface area contributed by atoms with Gasteiger partial charge in [-0.1, -0.05) is 19.9 Å². The summed E-state index contributed by atoms with van der Waals surface area (Å²) in [6.07, 6.45) is 2.21. The second kappa shape index (κ2) is 7.29. The van der Waals surface area contributed by atoms with Crippen molar-refractivity contribution in [2.75, 3.05) is 12.8 Å². The highest BCUT2D eigenvalue weighted by Crippen LogP contribution is 2.10. The smallest absolute Gasteiger partial charge is 0.257 e. The van der Waals surface area contributed by atoms with Crippen molar-refractivity contribution in [2.24, 2.45) is 5.92 Å². The van der Waals surface area contributed by atoms with Crippen LogP contribution >= 0.6 is 0 Å². The average molecular weight is 288 g/mol. The van der Waals surface area contributed by atoms with E-state index in [9.17, 15) is 9.59 Å². The normalized spacial score (nSPS) is 11.6. The third kappa shape index (κ3) is 4.80. The van der Waals surface area contributed by atoms with Gasteiger partial charge < -0.3 is 11.1 Å². The predicted molar refractivity (Wildman–Crippen MR) is 79.9 cm³/mol. The van der Waals surface area contributed by atoms with Crippen LogP contribution in [0, 0.1) is 17.4 Å². The summed E-state index contributed by atoms with van der Waals surface area (Å²) in [5.74, 6) is -0.608. The maximum absolute atomic E-state index is 12.2. The molecule has 0 aliphatic heterocycles. The Hall–Kier alpha value is -2.55. The number of nitriles is 1. The molecule has 0 bridgehead atoms. The minimum Gasteiger partial charge on any atom is -0.399 e. The van der Waals surface area contributed by atoms with Crippen molar-refractivity contribution < 1.29 is 9.59 Å². The molecule has 1 rings (SSSR count). The zero-order chi connectivity index (χ0) is 16.0. The maximum Gasteiger partial charge on any atom is 0.257 e. The molecule has 112 valence electrons. The van der Waals surface area contributed by atoms with E-state index in [2.05, 4.69) is 5.32 Å². The number of hydrogen-bond donors (Lipinski definition) is 2. The Kier molecular flexibility index (Phi) is 5.73. The lowest BCUT2D eigenvalue weighted by Crippen LogP contribution is -2.46. The highest BCUT2D eigenvalue weighted by atomic mass is 16.2. The molecule has 0 aromatic heterocycles. The van der Waals surface area contributed by atoms with E-state index < -0.39 is 11.9 Å². The number of carbonyl (C=O) groups is 2. The number of amides is 2. The molecule has 0 saturated heterocycles. The van der Waals surface area contributed by atoms with E-state index in [0.717, 1.165) is 4.90 Å². The molecule has 0 radical (unpaired) electrons. The Balaban J connectivity index is 2.88. The molecule has 0 aliphatic carbocycles. The number of nitrogens with one attached hydrogen (secondary N) is 1. The third-order valence-electron chi connectivity index (χ3n) is 2.94. The molecule has 0 spiro atoms. The van der Waals surface area contributed by atoms with Crippen LogP contribution in [0.3, 0.4) is 0 Å². The van der Waals surface area contributed by atoms with Gasteiger partial charge in [0.1, 0.15) is 6.04 Å². The fraction of sp³-hybridized carbons (Fsp3) is 0.400. The zero-order valence-corrected chi connectivity index (χ0v) is 12.5. The topological polar surface area (TPSA) is 99.2 Å². The van der Waals surface area contributed by atoms with Gasteiger partial charge in [0, 0.05) is 18.3 Å². The van der Waals surface area contributed by atoms with Gasteiger partial charge in [0.15, 0.2) is 6.19 Å². The van der Waals surface area contributed by atoms with E-state index >= 15 is 0 Å². The summed E-state index contributed by atoms with van der Waals surface area (Å²) >= 11 is 0. The van der Waals surface area contributed by atoms with Crippen LogP contribution in [0.2, 0.25) is 0 Å². The number of nitrogen functional groups attached to an aromatic ring is 1. The van der Waals surface area contributed by atoms with Gasteiger partial charge in [-0.15, -0.1) is 0 Å². The molecule has 3 N–H and O–H groups in total. The maximum atomic E-state index is 12.2. The molecule has 0 saturated carbocycles. The molecule has 1 atom stereocenters. The molecule has 6 heteroatoms. The second-order valence-electron chi connectivity index (χ2n) is 5.28. The van der Waals surface area contributed by atoms with Crippen LogP contribution in [0.5, 0.6) is 0 Å². The molecule has 0 fully saturated rings. The van der Waals surface area contributed by atoms with Gasteiger partial charge in [-0.05, 0) is 30.5 Å². The highest BCUT2D eigenvalue weighted by Gasteiger charge is 2.25. The largest absolute Gasteiger partial charge is 0.399 e. The van der Waals surface area contributed by atoms with Crippen molar-refractivity contribution >= 4 is 17.5 Å². The van der Waals surface area contributed by atoms with Gasteiger partial charge in [-0.2, -0.15) is 5.26 Å². The molecule has 6 nitrogen and oxygen atoms in total. The van der Waals surface area contributed by atoms with Crippen LogP contribution in [0.25, 0.3) is 0 Å². The summed E-state index contributed by atoms with van der Waals surface area (Å²) in [7, 11) is 1.38. The summed E-state index contributed by atoms with van der Waals surface area (Å²) < 4.78 is 0. The van der Waals surface area contributed by atoms with Crippen molar-refractivity contribution in [1.29, 1.82) is 5.26 Å². The van der Waals surface area contributed by atoms with Gasteiger partial charge in [0.05, 0.1) is 0 Å². The first-order chi connectivity index (χ1) is 9.85. The monoisotopic (exact) mass is 288 g/mol. The van der Waals surface area contributed by atoms with Crippen molar-refractivity contribution in [3.63, 3.8) is 0 Å². The van der Waals surface area contributed by atoms with E-state index in [-0.39, 0.29) is 11.8 Å². The van der Waals surface area contributed by atoms with Crippen LogP contribution in [0.15, 0.2) is 24.3 Å². The fourth-order valence-corrected chi connectivity index (χ4v) is 1.90. The minimum atomic E-state index is -0.733. The number of likely N-dealkylation sites (N-methyl/N-ethyl adjacent to an activating group) is 1. The van der Waals surface area contributed by atoms with Gasteiger partial charge in [-0.3, -0.25) is 14.5 Å². The number of nitrogens with zero attached hydrogens (tertiary/aromatic N) is 2. The standard InChI is InChI=1S/C15H20N4O2/c1-10(2)7-13(15(21)19(3)9-16)18-14(20)11-5-4-6-12(17)8-11/h4-6,8,10,13H,7,17H2,1-3H3,(H,18,20). The lowest BCUT2D eigenvalue weighted by Gasteiger charge is -2.21. The van der Waals surface area contributed by atoms with Crippen molar-refractivity contribution in [3.05, 3.63) is 29.8 Å². The molecule has 1 unspecified atom stereocenters. The fourth-order valence-electron chi connectivity index (χ4n) is 1.90. The molecule has 2 amide bonds. The minimum absolute atomic E-state index is 0.201.